The minimum absolute atomic E-state index is 0.0811. The summed E-state index contributed by atoms with van der Waals surface area (Å²) in [6.07, 6.45) is 1.64. The van der Waals surface area contributed by atoms with Crippen LogP contribution in [0.4, 0.5) is 0 Å². The van der Waals surface area contributed by atoms with Gasteiger partial charge in [-0.1, -0.05) is 43.4 Å². The molecular weight excluding hydrogens is 302 g/mol. The van der Waals surface area contributed by atoms with Crippen LogP contribution in [0.25, 0.3) is 0 Å². The maximum absolute atomic E-state index is 12.8. The number of Topliss-reactive ketones (excluding diaryl/α,β-unsaturated/α-hetero) is 1. The van der Waals surface area contributed by atoms with Gasteiger partial charge in [-0.05, 0) is 17.5 Å². The van der Waals surface area contributed by atoms with Gasteiger partial charge in [0.05, 0.1) is 10.8 Å². The van der Waals surface area contributed by atoms with Crippen LogP contribution in [0.15, 0.2) is 24.3 Å². The Kier molecular flexibility index (Phi) is 4.24. The van der Waals surface area contributed by atoms with Crippen LogP contribution < -0.4 is 0 Å². The van der Waals surface area contributed by atoms with E-state index in [1.54, 1.807) is 11.8 Å². The number of thiocarbonyl (C=S) groups is 1. The molecule has 2 aliphatic rings. The molecule has 2 bridgehead atoms. The molecule has 4 unspecified atom stereocenters. The summed E-state index contributed by atoms with van der Waals surface area (Å²) >= 11 is 6.91. The first kappa shape index (κ1) is 14.9. The number of hydrogen-bond donors (Lipinski definition) is 0. The Balaban J connectivity index is 1.94. The van der Waals surface area contributed by atoms with Gasteiger partial charge < -0.3 is 0 Å². The molecule has 21 heavy (non-hydrogen) atoms. The summed E-state index contributed by atoms with van der Waals surface area (Å²) in [4.78, 5) is 26.1. The standard InChI is InChI=1S/C16H17NO2S2/c1-2-10-3-5-11(6-4-10)14-13-7-17(9-21-13)15(16(14)19)12(20)8-18/h3-6,8,13-15H,2,7,9H2,1H3. The average Bonchev–Trinajstić information content (AvgIpc) is 2.92. The summed E-state index contributed by atoms with van der Waals surface area (Å²) in [6.45, 7) is 2.94. The largest absolute Gasteiger partial charge is 0.297 e. The monoisotopic (exact) mass is 319 g/mol. The van der Waals surface area contributed by atoms with E-state index >= 15 is 0 Å². The number of carbonyl (C=O) groups excluding carboxylic acids is 2. The van der Waals surface area contributed by atoms with Gasteiger partial charge in [-0.25, -0.2) is 0 Å². The number of carbonyl (C=O) groups is 2. The molecule has 3 rings (SSSR count). The zero-order chi connectivity index (χ0) is 15.0. The highest BCUT2D eigenvalue weighted by Gasteiger charge is 2.48. The van der Waals surface area contributed by atoms with E-state index in [1.165, 1.54) is 5.56 Å². The van der Waals surface area contributed by atoms with Crippen LogP contribution in [-0.2, 0) is 16.0 Å². The van der Waals surface area contributed by atoms with Crippen LogP contribution in [0.1, 0.15) is 24.0 Å². The lowest BCUT2D eigenvalue weighted by atomic mass is 9.82. The molecule has 0 spiro atoms. The number of piperidine rings is 1. The smallest absolute Gasteiger partial charge is 0.164 e. The predicted octanol–water partition coefficient (Wildman–Crippen LogP) is 2.23. The number of ketones is 1. The highest BCUT2D eigenvalue weighted by atomic mass is 32.2. The Morgan fingerprint density at radius 3 is 2.76 bits per heavy atom. The fourth-order valence-electron chi connectivity index (χ4n) is 3.17. The number of fused-ring (bicyclic) bond motifs is 2. The third-order valence-corrected chi connectivity index (χ3v) is 5.96. The summed E-state index contributed by atoms with van der Waals surface area (Å²) in [5.41, 5.74) is 2.32. The fraction of sp³-hybridized carbons (Fsp3) is 0.438. The molecule has 2 aliphatic heterocycles. The molecule has 1 aromatic rings. The summed E-state index contributed by atoms with van der Waals surface area (Å²) in [7, 11) is 0. The SMILES string of the molecule is CCc1ccc(C2C(=O)C(C(=S)C=O)N3CSC2C3)cc1. The molecule has 3 nitrogen and oxygen atoms in total. The highest BCUT2D eigenvalue weighted by Crippen LogP contribution is 2.42. The van der Waals surface area contributed by atoms with Crippen molar-refractivity contribution in [1.82, 2.24) is 4.90 Å². The molecule has 2 saturated heterocycles. The molecule has 1 aromatic carbocycles. The molecule has 0 aliphatic carbocycles. The fourth-order valence-corrected chi connectivity index (χ4v) is 4.85. The van der Waals surface area contributed by atoms with Gasteiger partial charge >= 0.3 is 0 Å². The number of nitrogens with zero attached hydrogens (tertiary/aromatic N) is 1. The van der Waals surface area contributed by atoms with Crippen molar-refractivity contribution >= 4 is 40.9 Å². The van der Waals surface area contributed by atoms with Crippen molar-refractivity contribution in [1.29, 1.82) is 0 Å². The predicted molar refractivity (Wildman–Crippen MR) is 89.0 cm³/mol. The second kappa shape index (κ2) is 5.99. The molecule has 4 atom stereocenters. The van der Waals surface area contributed by atoms with E-state index in [0.29, 0.717) is 6.29 Å². The van der Waals surface area contributed by atoms with Crippen LogP contribution in [-0.4, -0.2) is 45.5 Å². The van der Waals surface area contributed by atoms with Crippen LogP contribution in [0.3, 0.4) is 0 Å². The second-order valence-corrected chi connectivity index (χ2v) is 7.17. The second-order valence-electron chi connectivity index (χ2n) is 5.50. The van der Waals surface area contributed by atoms with Gasteiger partial charge in [0, 0.05) is 17.7 Å². The van der Waals surface area contributed by atoms with E-state index in [1.807, 2.05) is 4.90 Å². The van der Waals surface area contributed by atoms with Gasteiger partial charge in [-0.2, -0.15) is 0 Å². The lowest BCUT2D eigenvalue weighted by molar-refractivity contribution is -0.125. The lowest BCUT2D eigenvalue weighted by Gasteiger charge is -2.34. The van der Waals surface area contributed by atoms with Gasteiger partial charge in [0.1, 0.15) is 6.04 Å². The van der Waals surface area contributed by atoms with Crippen molar-refractivity contribution in [3.8, 4) is 0 Å². The van der Waals surface area contributed by atoms with Crippen molar-refractivity contribution in [2.24, 2.45) is 0 Å². The molecule has 110 valence electrons. The third kappa shape index (κ3) is 2.58. The Morgan fingerprint density at radius 1 is 1.43 bits per heavy atom. The first-order chi connectivity index (χ1) is 10.2. The lowest BCUT2D eigenvalue weighted by Crippen LogP contribution is -2.53. The number of hydrogen-bond acceptors (Lipinski definition) is 5. The number of rotatable bonds is 4. The van der Waals surface area contributed by atoms with E-state index in [4.69, 9.17) is 12.2 Å². The van der Waals surface area contributed by atoms with Gasteiger partial charge in [0.25, 0.3) is 0 Å². The molecule has 0 radical (unpaired) electrons. The van der Waals surface area contributed by atoms with Crippen LogP contribution in [0, 0.1) is 0 Å². The number of aryl methyl sites for hydroxylation is 1. The van der Waals surface area contributed by atoms with Gasteiger partial charge in [-0.15, -0.1) is 11.8 Å². The average molecular weight is 319 g/mol. The Labute approximate surface area is 134 Å². The third-order valence-electron chi connectivity index (χ3n) is 4.31. The molecule has 2 fully saturated rings. The minimum Gasteiger partial charge on any atom is -0.297 e. The van der Waals surface area contributed by atoms with Gasteiger partial charge in [0.15, 0.2) is 12.1 Å². The Bertz CT molecular complexity index is 584. The van der Waals surface area contributed by atoms with Gasteiger partial charge in [-0.3, -0.25) is 14.5 Å². The van der Waals surface area contributed by atoms with E-state index in [0.717, 1.165) is 24.4 Å². The summed E-state index contributed by atoms with van der Waals surface area (Å²) in [6, 6.07) is 7.76. The normalized spacial score (nSPS) is 31.2. The van der Waals surface area contributed by atoms with Crippen molar-refractivity contribution in [2.75, 3.05) is 12.4 Å². The minimum atomic E-state index is -0.514. The van der Waals surface area contributed by atoms with E-state index in [-0.39, 0.29) is 21.8 Å². The van der Waals surface area contributed by atoms with Crippen molar-refractivity contribution in [3.63, 3.8) is 0 Å². The Morgan fingerprint density at radius 2 is 2.14 bits per heavy atom. The molecule has 5 heteroatoms. The Hall–Kier alpha value is -1.04. The highest BCUT2D eigenvalue weighted by molar-refractivity contribution is 8.00. The van der Waals surface area contributed by atoms with Crippen LogP contribution in [0.5, 0.6) is 0 Å². The number of aldehydes is 1. The quantitative estimate of drug-likeness (QED) is 0.628. The van der Waals surface area contributed by atoms with Crippen molar-refractivity contribution in [3.05, 3.63) is 35.4 Å². The van der Waals surface area contributed by atoms with Crippen LogP contribution in [0.2, 0.25) is 0 Å². The molecule has 0 saturated carbocycles. The first-order valence-corrected chi connectivity index (χ1v) is 8.58. The molecule has 0 amide bonds. The maximum atomic E-state index is 12.8. The zero-order valence-corrected chi connectivity index (χ0v) is 13.5. The number of thioether (sulfide) groups is 1. The van der Waals surface area contributed by atoms with E-state index in [2.05, 4.69) is 31.2 Å². The van der Waals surface area contributed by atoms with E-state index in [9.17, 15) is 9.59 Å². The molecular formula is C16H17NO2S2. The zero-order valence-electron chi connectivity index (χ0n) is 11.8. The van der Waals surface area contributed by atoms with Gasteiger partial charge in [0.2, 0.25) is 0 Å². The first-order valence-electron chi connectivity index (χ1n) is 7.13. The summed E-state index contributed by atoms with van der Waals surface area (Å²) < 4.78 is 0. The van der Waals surface area contributed by atoms with Crippen LogP contribution >= 0.6 is 24.0 Å². The summed E-state index contributed by atoms with van der Waals surface area (Å²) in [5, 5.41) is 0.274. The molecule has 0 aromatic heterocycles. The topological polar surface area (TPSA) is 37.4 Å². The van der Waals surface area contributed by atoms with Crippen molar-refractivity contribution in [2.45, 2.75) is 30.6 Å². The molecule has 0 N–H and O–H groups in total. The maximum Gasteiger partial charge on any atom is 0.164 e. The number of benzene rings is 1. The van der Waals surface area contributed by atoms with E-state index < -0.39 is 6.04 Å². The summed E-state index contributed by atoms with van der Waals surface area (Å²) in [5.74, 6) is 0.707. The van der Waals surface area contributed by atoms with Crippen molar-refractivity contribution < 1.29 is 9.59 Å². The molecule has 2 heterocycles.